The Kier molecular flexibility index (Phi) is 9.35. The Morgan fingerprint density at radius 1 is 1.15 bits per heavy atom. The molecule has 9 nitrogen and oxygen atoms in total. The van der Waals surface area contributed by atoms with Crippen molar-refractivity contribution in [2.75, 3.05) is 18.0 Å². The molecule has 0 aliphatic carbocycles. The lowest BCUT2D eigenvalue weighted by Gasteiger charge is -2.21. The number of carbonyl (C=O) groups excluding carboxylic acids is 2. The second-order valence-electron chi connectivity index (χ2n) is 7.61. The molecule has 0 spiro atoms. The lowest BCUT2D eigenvalue weighted by molar-refractivity contribution is -0.384. The molecular weight excluding hydrogens is 446 g/mol. The number of nitro groups is 1. The van der Waals surface area contributed by atoms with E-state index in [0.29, 0.717) is 34.9 Å². The second-order valence-corrected chi connectivity index (χ2v) is 8.05. The van der Waals surface area contributed by atoms with Crippen molar-refractivity contribution in [3.8, 4) is 0 Å². The largest absolute Gasteiger partial charge is 0.367 e. The van der Waals surface area contributed by atoms with Crippen molar-refractivity contribution in [2.24, 2.45) is 11.0 Å². The summed E-state index contributed by atoms with van der Waals surface area (Å²) in [6.45, 7) is 8.72. The highest BCUT2D eigenvalue weighted by atomic mass is 35.5. The number of carbonyl (C=O) groups is 2. The first-order valence-corrected chi connectivity index (χ1v) is 11.0. The minimum absolute atomic E-state index is 0.0377. The SMILES string of the molecule is CCN(CC)c1ccc(/C=N\NC(=O)C(NC(=O)c2ccc(Cl)cc2)C(C)C)cc1[N+](=O)[O-]. The summed E-state index contributed by atoms with van der Waals surface area (Å²) >= 11 is 5.85. The lowest BCUT2D eigenvalue weighted by Crippen LogP contribution is -2.48. The number of nitrogens with zero attached hydrogens (tertiary/aromatic N) is 3. The first kappa shape index (κ1) is 25.8. The van der Waals surface area contributed by atoms with Crippen LogP contribution in [0.15, 0.2) is 47.6 Å². The van der Waals surface area contributed by atoms with E-state index in [9.17, 15) is 19.7 Å². The van der Waals surface area contributed by atoms with Gasteiger partial charge in [0.25, 0.3) is 17.5 Å². The monoisotopic (exact) mass is 473 g/mol. The molecule has 0 aromatic heterocycles. The fourth-order valence-corrected chi connectivity index (χ4v) is 3.33. The van der Waals surface area contributed by atoms with E-state index in [2.05, 4.69) is 15.8 Å². The number of nitro benzene ring substituents is 1. The standard InChI is InChI=1S/C23H28ClN5O4/c1-5-28(6-2)19-12-7-16(13-20(19)29(32)33)14-25-27-23(31)21(15(3)4)26-22(30)17-8-10-18(24)11-9-17/h7-15,21H,5-6H2,1-4H3,(H,26,30)(H,27,31)/b25-14-. The van der Waals surface area contributed by atoms with Gasteiger partial charge in [-0.2, -0.15) is 5.10 Å². The summed E-state index contributed by atoms with van der Waals surface area (Å²) in [5.41, 5.74) is 3.73. The van der Waals surface area contributed by atoms with Crippen LogP contribution in [0.3, 0.4) is 0 Å². The Hall–Kier alpha value is -3.46. The van der Waals surface area contributed by atoms with E-state index >= 15 is 0 Å². The van der Waals surface area contributed by atoms with Crippen molar-refractivity contribution in [3.63, 3.8) is 0 Å². The van der Waals surface area contributed by atoms with Crippen LogP contribution >= 0.6 is 11.6 Å². The molecule has 0 saturated carbocycles. The van der Waals surface area contributed by atoms with Crippen LogP contribution in [0, 0.1) is 16.0 Å². The molecule has 0 radical (unpaired) electrons. The van der Waals surface area contributed by atoms with Crippen LogP contribution in [-0.4, -0.2) is 42.1 Å². The third-order valence-electron chi connectivity index (χ3n) is 5.03. The van der Waals surface area contributed by atoms with Gasteiger partial charge in [0.2, 0.25) is 0 Å². The topological polar surface area (TPSA) is 117 Å². The maximum atomic E-state index is 12.6. The van der Waals surface area contributed by atoms with E-state index in [1.54, 1.807) is 50.2 Å². The minimum Gasteiger partial charge on any atom is -0.367 e. The molecule has 1 atom stereocenters. The van der Waals surface area contributed by atoms with Gasteiger partial charge in [-0.05, 0) is 50.1 Å². The highest BCUT2D eigenvalue weighted by molar-refractivity contribution is 6.30. The van der Waals surface area contributed by atoms with Gasteiger partial charge in [0.05, 0.1) is 11.1 Å². The van der Waals surface area contributed by atoms with Gasteiger partial charge in [-0.1, -0.05) is 31.5 Å². The minimum atomic E-state index is -0.829. The highest BCUT2D eigenvalue weighted by Crippen LogP contribution is 2.28. The average Bonchev–Trinajstić information content (AvgIpc) is 2.78. The normalized spacial score (nSPS) is 11.9. The molecule has 0 aliphatic heterocycles. The first-order valence-electron chi connectivity index (χ1n) is 10.6. The average molecular weight is 474 g/mol. The van der Waals surface area contributed by atoms with Gasteiger partial charge in [0.1, 0.15) is 11.7 Å². The molecular formula is C23H28ClN5O4. The number of amides is 2. The zero-order valence-electron chi connectivity index (χ0n) is 19.0. The van der Waals surface area contributed by atoms with Crippen LogP contribution in [0.4, 0.5) is 11.4 Å². The van der Waals surface area contributed by atoms with Gasteiger partial charge in [0.15, 0.2) is 0 Å². The van der Waals surface area contributed by atoms with Crippen molar-refractivity contribution in [2.45, 2.75) is 33.7 Å². The van der Waals surface area contributed by atoms with Crippen molar-refractivity contribution in [1.29, 1.82) is 0 Å². The van der Waals surface area contributed by atoms with Gasteiger partial charge in [-0.3, -0.25) is 19.7 Å². The highest BCUT2D eigenvalue weighted by Gasteiger charge is 2.24. The van der Waals surface area contributed by atoms with Gasteiger partial charge >= 0.3 is 0 Å². The maximum Gasteiger partial charge on any atom is 0.293 e. The molecule has 2 N–H and O–H groups in total. The summed E-state index contributed by atoms with van der Waals surface area (Å²) in [5, 5.41) is 18.6. The Morgan fingerprint density at radius 3 is 2.33 bits per heavy atom. The quantitative estimate of drug-likeness (QED) is 0.307. The van der Waals surface area contributed by atoms with Crippen LogP contribution in [0.25, 0.3) is 0 Å². The van der Waals surface area contributed by atoms with Crippen molar-refractivity contribution < 1.29 is 14.5 Å². The molecule has 2 aromatic carbocycles. The second kappa shape index (κ2) is 12.0. The smallest absolute Gasteiger partial charge is 0.293 e. The predicted octanol–water partition coefficient (Wildman–Crippen LogP) is 4.00. The van der Waals surface area contributed by atoms with Crippen LogP contribution in [0.1, 0.15) is 43.6 Å². The Labute approximate surface area is 198 Å². The predicted molar refractivity (Wildman–Crippen MR) is 130 cm³/mol. The molecule has 0 aliphatic rings. The van der Waals surface area contributed by atoms with Gasteiger partial charge < -0.3 is 10.2 Å². The fourth-order valence-electron chi connectivity index (χ4n) is 3.20. The maximum absolute atomic E-state index is 12.6. The molecule has 2 rings (SSSR count). The number of halogens is 1. The summed E-state index contributed by atoms with van der Waals surface area (Å²) in [4.78, 5) is 38.0. The summed E-state index contributed by atoms with van der Waals surface area (Å²) in [6, 6.07) is 10.3. The summed E-state index contributed by atoms with van der Waals surface area (Å²) < 4.78 is 0. The molecule has 176 valence electrons. The molecule has 0 bridgehead atoms. The van der Waals surface area contributed by atoms with Gasteiger partial charge in [-0.15, -0.1) is 0 Å². The van der Waals surface area contributed by atoms with Crippen LogP contribution in [0.2, 0.25) is 5.02 Å². The van der Waals surface area contributed by atoms with E-state index in [1.165, 1.54) is 12.3 Å². The number of benzene rings is 2. The van der Waals surface area contributed by atoms with E-state index in [0.717, 1.165) is 0 Å². The van der Waals surface area contributed by atoms with Crippen LogP contribution < -0.4 is 15.6 Å². The van der Waals surface area contributed by atoms with E-state index in [1.807, 2.05) is 18.7 Å². The number of hydrogen-bond acceptors (Lipinski definition) is 6. The summed E-state index contributed by atoms with van der Waals surface area (Å²) in [7, 11) is 0. The lowest BCUT2D eigenvalue weighted by atomic mass is 10.0. The number of rotatable bonds is 10. The molecule has 10 heteroatoms. The molecule has 33 heavy (non-hydrogen) atoms. The van der Waals surface area contributed by atoms with E-state index in [-0.39, 0.29) is 11.6 Å². The third kappa shape index (κ3) is 7.01. The number of hydrazone groups is 1. The summed E-state index contributed by atoms with van der Waals surface area (Å²) in [5.74, 6) is -1.11. The van der Waals surface area contributed by atoms with Gasteiger partial charge in [0, 0.05) is 35.3 Å². The van der Waals surface area contributed by atoms with E-state index < -0.39 is 22.8 Å². The van der Waals surface area contributed by atoms with E-state index in [4.69, 9.17) is 11.6 Å². The van der Waals surface area contributed by atoms with Crippen molar-refractivity contribution >= 4 is 41.0 Å². The Morgan fingerprint density at radius 2 is 1.79 bits per heavy atom. The molecule has 0 saturated heterocycles. The number of hydrogen-bond donors (Lipinski definition) is 2. The first-order chi connectivity index (χ1) is 15.7. The zero-order valence-corrected chi connectivity index (χ0v) is 19.8. The number of nitrogens with one attached hydrogen (secondary N) is 2. The van der Waals surface area contributed by atoms with Crippen LogP contribution in [-0.2, 0) is 4.79 Å². The van der Waals surface area contributed by atoms with Crippen LogP contribution in [0.5, 0.6) is 0 Å². The van der Waals surface area contributed by atoms with Gasteiger partial charge in [-0.25, -0.2) is 5.43 Å². The molecule has 2 amide bonds. The third-order valence-corrected chi connectivity index (χ3v) is 5.28. The molecule has 0 fully saturated rings. The Balaban J connectivity index is 2.11. The molecule has 0 heterocycles. The van der Waals surface area contributed by atoms with Crippen molar-refractivity contribution in [3.05, 3.63) is 68.7 Å². The van der Waals surface area contributed by atoms with Crippen molar-refractivity contribution in [1.82, 2.24) is 10.7 Å². The number of anilines is 1. The molecule has 1 unspecified atom stereocenters. The zero-order chi connectivity index (χ0) is 24.5. The Bertz CT molecular complexity index is 1020. The fraction of sp³-hybridized carbons (Fsp3) is 0.348. The molecule has 2 aromatic rings. The summed E-state index contributed by atoms with van der Waals surface area (Å²) in [6.07, 6.45) is 1.33.